The molecule has 0 saturated carbocycles. The Kier molecular flexibility index (Phi) is 4.12. The molecule has 1 aliphatic rings. The van der Waals surface area contributed by atoms with Gasteiger partial charge in [0.05, 0.1) is 11.4 Å². The summed E-state index contributed by atoms with van der Waals surface area (Å²) in [6, 6.07) is 9.29. The molecule has 1 N–H and O–H groups in total. The predicted octanol–water partition coefficient (Wildman–Crippen LogP) is 2.19. The molecule has 1 atom stereocenters. The van der Waals surface area contributed by atoms with E-state index in [4.69, 9.17) is 0 Å². The maximum Gasteiger partial charge on any atom is 0.0607 e. The number of fused-ring (bicyclic) bond motifs is 1. The highest BCUT2D eigenvalue weighted by atomic mass is 15.3. The Morgan fingerprint density at radius 2 is 1.83 bits per heavy atom. The van der Waals surface area contributed by atoms with Gasteiger partial charge in [-0.25, -0.2) is 0 Å². The average molecular weight is 247 g/mol. The average Bonchev–Trinajstić information content (AvgIpc) is 2.37. The Morgan fingerprint density at radius 1 is 1.17 bits per heavy atom. The molecule has 1 heterocycles. The van der Waals surface area contributed by atoms with Crippen LogP contribution in [0.2, 0.25) is 0 Å². The molecule has 0 radical (unpaired) electrons. The lowest BCUT2D eigenvalue weighted by atomic mass is 10.00. The minimum atomic E-state index is 0.560. The second-order valence-corrected chi connectivity index (χ2v) is 5.47. The topological polar surface area (TPSA) is 18.5 Å². The number of hydrogen-bond donors (Lipinski definition) is 1. The molecule has 0 saturated heterocycles. The van der Waals surface area contributed by atoms with Crippen LogP contribution in [0.1, 0.15) is 13.8 Å². The maximum atomic E-state index is 3.33. The molecular weight excluding hydrogens is 222 g/mol. The van der Waals surface area contributed by atoms with Crippen molar-refractivity contribution >= 4 is 11.4 Å². The van der Waals surface area contributed by atoms with E-state index in [1.807, 2.05) is 7.05 Å². The summed E-state index contributed by atoms with van der Waals surface area (Å²) in [6.07, 6.45) is 0. The van der Waals surface area contributed by atoms with Gasteiger partial charge in [0.1, 0.15) is 0 Å². The van der Waals surface area contributed by atoms with Crippen LogP contribution in [0.25, 0.3) is 0 Å². The van der Waals surface area contributed by atoms with Gasteiger partial charge >= 0.3 is 0 Å². The van der Waals surface area contributed by atoms with E-state index in [2.05, 4.69) is 60.3 Å². The Morgan fingerprint density at radius 3 is 2.44 bits per heavy atom. The fourth-order valence-corrected chi connectivity index (χ4v) is 2.79. The van der Waals surface area contributed by atoms with Crippen molar-refractivity contribution in [2.24, 2.45) is 5.92 Å². The molecule has 3 heteroatoms. The number of nitrogens with zero attached hydrogens (tertiary/aromatic N) is 2. The van der Waals surface area contributed by atoms with Crippen LogP contribution in [0.5, 0.6) is 0 Å². The van der Waals surface area contributed by atoms with Crippen molar-refractivity contribution in [3.63, 3.8) is 0 Å². The van der Waals surface area contributed by atoms with Gasteiger partial charge in [-0.15, -0.1) is 0 Å². The van der Waals surface area contributed by atoms with Crippen LogP contribution in [-0.4, -0.2) is 39.8 Å². The highest BCUT2D eigenvalue weighted by molar-refractivity contribution is 5.73. The summed E-state index contributed by atoms with van der Waals surface area (Å²) in [6.45, 7) is 7.86. The number of rotatable bonds is 4. The molecule has 0 aliphatic carbocycles. The van der Waals surface area contributed by atoms with Gasteiger partial charge in [0.15, 0.2) is 0 Å². The molecule has 1 unspecified atom stereocenters. The molecule has 2 rings (SSSR count). The van der Waals surface area contributed by atoms with Gasteiger partial charge in [0.25, 0.3) is 0 Å². The first kappa shape index (κ1) is 13.2. The van der Waals surface area contributed by atoms with Crippen LogP contribution < -0.4 is 15.1 Å². The molecule has 1 aliphatic heterocycles. The molecule has 18 heavy (non-hydrogen) atoms. The molecule has 1 aromatic carbocycles. The summed E-state index contributed by atoms with van der Waals surface area (Å²) in [4.78, 5) is 4.92. The third-order valence-electron chi connectivity index (χ3n) is 3.86. The number of hydrogen-bond acceptors (Lipinski definition) is 3. The van der Waals surface area contributed by atoms with Gasteiger partial charge in [-0.2, -0.15) is 0 Å². The first-order valence-electron chi connectivity index (χ1n) is 6.86. The fourth-order valence-electron chi connectivity index (χ4n) is 2.79. The molecule has 100 valence electrons. The van der Waals surface area contributed by atoms with E-state index in [9.17, 15) is 0 Å². The van der Waals surface area contributed by atoms with Crippen molar-refractivity contribution in [2.45, 2.75) is 19.9 Å². The van der Waals surface area contributed by atoms with Crippen molar-refractivity contribution in [1.29, 1.82) is 0 Å². The summed E-state index contributed by atoms with van der Waals surface area (Å²) >= 11 is 0. The maximum absolute atomic E-state index is 3.33. The third kappa shape index (κ3) is 2.46. The Labute approximate surface area is 111 Å². The van der Waals surface area contributed by atoms with Gasteiger partial charge in [0.2, 0.25) is 0 Å². The van der Waals surface area contributed by atoms with Crippen LogP contribution in [0.15, 0.2) is 24.3 Å². The Balaban J connectivity index is 2.32. The standard InChI is InChI=1S/C15H25N3/c1-12(2)15(11-16-3)18-10-9-17(4)13-7-5-6-8-14(13)18/h5-8,12,15-16H,9-11H2,1-4H3. The lowest BCUT2D eigenvalue weighted by Crippen LogP contribution is -2.50. The van der Waals surface area contributed by atoms with Gasteiger partial charge < -0.3 is 15.1 Å². The first-order valence-corrected chi connectivity index (χ1v) is 6.86. The van der Waals surface area contributed by atoms with Gasteiger partial charge in [-0.1, -0.05) is 26.0 Å². The molecule has 1 aromatic rings. The summed E-state index contributed by atoms with van der Waals surface area (Å²) in [5.74, 6) is 0.647. The van der Waals surface area contributed by atoms with Crippen molar-refractivity contribution < 1.29 is 0 Å². The normalized spacial score (nSPS) is 16.9. The molecule has 0 aromatic heterocycles. The first-order chi connectivity index (χ1) is 8.65. The molecule has 0 bridgehead atoms. The van der Waals surface area contributed by atoms with Gasteiger partial charge in [-0.05, 0) is 25.1 Å². The SMILES string of the molecule is CNCC(C(C)C)N1CCN(C)c2ccccc21. The summed E-state index contributed by atoms with van der Waals surface area (Å²) in [5, 5.41) is 3.33. The van der Waals surface area contributed by atoms with Crippen molar-refractivity contribution in [2.75, 3.05) is 43.5 Å². The van der Waals surface area contributed by atoms with Crippen molar-refractivity contribution in [3.05, 3.63) is 24.3 Å². The van der Waals surface area contributed by atoms with Crippen molar-refractivity contribution in [3.8, 4) is 0 Å². The zero-order valence-electron chi connectivity index (χ0n) is 12.0. The van der Waals surface area contributed by atoms with E-state index in [1.54, 1.807) is 0 Å². The summed E-state index contributed by atoms with van der Waals surface area (Å²) < 4.78 is 0. The molecule has 0 fully saturated rings. The van der Waals surface area contributed by atoms with Gasteiger partial charge in [0, 0.05) is 32.7 Å². The van der Waals surface area contributed by atoms with E-state index in [0.29, 0.717) is 12.0 Å². The molecule has 0 spiro atoms. The monoisotopic (exact) mass is 247 g/mol. The quantitative estimate of drug-likeness (QED) is 0.880. The summed E-state index contributed by atoms with van der Waals surface area (Å²) in [7, 11) is 4.22. The number of nitrogens with one attached hydrogen (secondary N) is 1. The zero-order chi connectivity index (χ0) is 13.1. The minimum absolute atomic E-state index is 0.560. The number of benzene rings is 1. The number of para-hydroxylation sites is 2. The van der Waals surface area contributed by atoms with Gasteiger partial charge in [-0.3, -0.25) is 0 Å². The highest BCUT2D eigenvalue weighted by Crippen LogP contribution is 2.34. The van der Waals surface area contributed by atoms with E-state index >= 15 is 0 Å². The zero-order valence-corrected chi connectivity index (χ0v) is 12.0. The number of likely N-dealkylation sites (N-methyl/N-ethyl adjacent to an activating group) is 2. The van der Waals surface area contributed by atoms with Crippen LogP contribution >= 0.6 is 0 Å². The predicted molar refractivity (Wildman–Crippen MR) is 79.6 cm³/mol. The molecule has 3 nitrogen and oxygen atoms in total. The van der Waals surface area contributed by atoms with Crippen LogP contribution in [-0.2, 0) is 0 Å². The highest BCUT2D eigenvalue weighted by Gasteiger charge is 2.27. The smallest absolute Gasteiger partial charge is 0.0607 e. The summed E-state index contributed by atoms with van der Waals surface area (Å²) in [5.41, 5.74) is 2.73. The molecular formula is C15H25N3. The second-order valence-electron chi connectivity index (χ2n) is 5.47. The van der Waals surface area contributed by atoms with E-state index in [0.717, 1.165) is 19.6 Å². The van der Waals surface area contributed by atoms with Crippen LogP contribution in [0, 0.1) is 5.92 Å². The third-order valence-corrected chi connectivity index (χ3v) is 3.86. The second kappa shape index (κ2) is 5.61. The van der Waals surface area contributed by atoms with Crippen LogP contribution in [0.3, 0.4) is 0 Å². The lowest BCUT2D eigenvalue weighted by Gasteiger charge is -2.43. The van der Waals surface area contributed by atoms with E-state index < -0.39 is 0 Å². The lowest BCUT2D eigenvalue weighted by molar-refractivity contribution is 0.435. The minimum Gasteiger partial charge on any atom is -0.371 e. The largest absolute Gasteiger partial charge is 0.371 e. The van der Waals surface area contributed by atoms with Crippen molar-refractivity contribution in [1.82, 2.24) is 5.32 Å². The Hall–Kier alpha value is -1.22. The fraction of sp³-hybridized carbons (Fsp3) is 0.600. The van der Waals surface area contributed by atoms with Crippen LogP contribution in [0.4, 0.5) is 11.4 Å². The Bertz CT molecular complexity index is 389. The molecule has 0 amide bonds. The van der Waals surface area contributed by atoms with E-state index in [1.165, 1.54) is 11.4 Å². The van der Waals surface area contributed by atoms with E-state index in [-0.39, 0.29) is 0 Å². The number of anilines is 2.